The summed E-state index contributed by atoms with van der Waals surface area (Å²) in [5.41, 5.74) is 2.13. The third-order valence-electron chi connectivity index (χ3n) is 4.48. The average molecular weight is 457 g/mol. The average Bonchev–Trinajstić information content (AvgIpc) is 3.02. The molecule has 2 amide bonds. The number of carbonyl (C=O) groups is 2. The molecule has 0 atom stereocenters. The van der Waals surface area contributed by atoms with Crippen LogP contribution in [0.3, 0.4) is 0 Å². The number of nitrogens with one attached hydrogen (secondary N) is 1. The molecule has 3 rings (SSSR count). The molecule has 162 valence electrons. The molecule has 0 radical (unpaired) electrons. The Morgan fingerprint density at radius 1 is 1.19 bits per heavy atom. The van der Waals surface area contributed by atoms with Crippen molar-refractivity contribution in [3.05, 3.63) is 52.9 Å². The summed E-state index contributed by atoms with van der Waals surface area (Å²) < 4.78 is 11.7. The highest BCUT2D eigenvalue weighted by molar-refractivity contribution is 8.27. The van der Waals surface area contributed by atoms with Crippen LogP contribution in [-0.4, -0.2) is 29.9 Å². The molecule has 2 aromatic rings. The zero-order valence-electron chi connectivity index (χ0n) is 17.6. The molecule has 1 aliphatic rings. The normalized spacial score (nSPS) is 14.8. The number of nitrogens with zero attached hydrogens (tertiary/aromatic N) is 1. The van der Waals surface area contributed by atoms with Gasteiger partial charge < -0.3 is 14.8 Å². The van der Waals surface area contributed by atoms with Crippen LogP contribution in [0.5, 0.6) is 11.5 Å². The maximum Gasteiger partial charge on any atom is 0.270 e. The van der Waals surface area contributed by atoms with Crippen LogP contribution in [0.4, 0.5) is 11.4 Å². The number of thioether (sulfide) groups is 1. The zero-order chi connectivity index (χ0) is 22.4. The van der Waals surface area contributed by atoms with Crippen LogP contribution in [0.1, 0.15) is 32.3 Å². The lowest BCUT2D eigenvalue weighted by Crippen LogP contribution is -2.27. The number of methoxy groups -OCH3 is 1. The van der Waals surface area contributed by atoms with Crippen molar-refractivity contribution >= 4 is 57.6 Å². The minimum absolute atomic E-state index is 0.154. The lowest BCUT2D eigenvalue weighted by Gasteiger charge is -2.15. The van der Waals surface area contributed by atoms with Crippen LogP contribution < -0.4 is 19.7 Å². The Morgan fingerprint density at radius 3 is 2.58 bits per heavy atom. The number of unbranched alkanes of at least 4 members (excludes halogenated alkanes) is 1. The van der Waals surface area contributed by atoms with Crippen molar-refractivity contribution in [2.45, 2.75) is 26.7 Å². The predicted molar refractivity (Wildman–Crippen MR) is 130 cm³/mol. The van der Waals surface area contributed by atoms with E-state index < -0.39 is 0 Å². The van der Waals surface area contributed by atoms with E-state index in [1.54, 1.807) is 37.5 Å². The van der Waals surface area contributed by atoms with Crippen LogP contribution >= 0.6 is 24.0 Å². The molecule has 1 saturated heterocycles. The van der Waals surface area contributed by atoms with Crippen molar-refractivity contribution in [3.8, 4) is 11.5 Å². The van der Waals surface area contributed by atoms with E-state index in [0.717, 1.165) is 18.4 Å². The van der Waals surface area contributed by atoms with Gasteiger partial charge in [-0.1, -0.05) is 43.4 Å². The van der Waals surface area contributed by atoms with E-state index in [4.69, 9.17) is 21.7 Å². The summed E-state index contributed by atoms with van der Waals surface area (Å²) in [6, 6.07) is 12.6. The second-order valence-electron chi connectivity index (χ2n) is 6.86. The van der Waals surface area contributed by atoms with Gasteiger partial charge in [0.15, 0.2) is 15.8 Å². The molecule has 0 spiro atoms. The molecule has 2 aromatic carbocycles. The second kappa shape index (κ2) is 10.5. The van der Waals surface area contributed by atoms with E-state index in [2.05, 4.69) is 12.2 Å². The number of ether oxygens (including phenoxy) is 2. The monoisotopic (exact) mass is 456 g/mol. The van der Waals surface area contributed by atoms with E-state index in [-0.39, 0.29) is 11.8 Å². The molecule has 1 N–H and O–H groups in total. The van der Waals surface area contributed by atoms with E-state index in [1.165, 1.54) is 23.6 Å². The van der Waals surface area contributed by atoms with Gasteiger partial charge in [-0.15, -0.1) is 0 Å². The van der Waals surface area contributed by atoms with Crippen LogP contribution in [0.15, 0.2) is 47.4 Å². The number of amides is 2. The summed E-state index contributed by atoms with van der Waals surface area (Å²) in [7, 11) is 1.59. The SMILES string of the molecule is CCCCOc1ccc(/C=C2\SC(=S)N(c3ccc(NC(C)=O)cc3)C2=O)cc1OC. The first-order chi connectivity index (χ1) is 14.9. The van der Waals surface area contributed by atoms with Crippen LogP contribution in [0, 0.1) is 0 Å². The lowest BCUT2D eigenvalue weighted by molar-refractivity contribution is -0.114. The molecule has 6 nitrogen and oxygen atoms in total. The van der Waals surface area contributed by atoms with Crippen molar-refractivity contribution in [1.29, 1.82) is 0 Å². The smallest absolute Gasteiger partial charge is 0.270 e. The fourth-order valence-electron chi connectivity index (χ4n) is 2.96. The van der Waals surface area contributed by atoms with Gasteiger partial charge in [0, 0.05) is 12.6 Å². The molecule has 1 fully saturated rings. The highest BCUT2D eigenvalue weighted by Gasteiger charge is 2.33. The first-order valence-corrected chi connectivity index (χ1v) is 11.1. The van der Waals surface area contributed by atoms with Gasteiger partial charge in [-0.2, -0.15) is 0 Å². The lowest BCUT2D eigenvalue weighted by atomic mass is 10.1. The maximum atomic E-state index is 13.0. The molecular formula is C23H24N2O4S2. The van der Waals surface area contributed by atoms with Crippen molar-refractivity contribution in [2.24, 2.45) is 0 Å². The summed E-state index contributed by atoms with van der Waals surface area (Å²) in [6.07, 6.45) is 3.82. The van der Waals surface area contributed by atoms with E-state index in [0.29, 0.717) is 38.7 Å². The maximum absolute atomic E-state index is 13.0. The van der Waals surface area contributed by atoms with E-state index >= 15 is 0 Å². The minimum atomic E-state index is -0.190. The molecule has 0 bridgehead atoms. The molecule has 0 aromatic heterocycles. The van der Waals surface area contributed by atoms with E-state index in [1.807, 2.05) is 18.2 Å². The Morgan fingerprint density at radius 2 is 1.94 bits per heavy atom. The number of rotatable bonds is 8. The molecule has 31 heavy (non-hydrogen) atoms. The predicted octanol–water partition coefficient (Wildman–Crippen LogP) is 5.24. The van der Waals surface area contributed by atoms with Gasteiger partial charge >= 0.3 is 0 Å². The van der Waals surface area contributed by atoms with E-state index in [9.17, 15) is 9.59 Å². The van der Waals surface area contributed by atoms with Gasteiger partial charge in [0.2, 0.25) is 5.91 Å². The van der Waals surface area contributed by atoms with Crippen LogP contribution in [0.25, 0.3) is 6.08 Å². The molecule has 0 unspecified atom stereocenters. The topological polar surface area (TPSA) is 67.9 Å². The number of hydrogen-bond acceptors (Lipinski definition) is 6. The van der Waals surface area contributed by atoms with Crippen LogP contribution in [0.2, 0.25) is 0 Å². The standard InChI is InChI=1S/C23H24N2O4S2/c1-4-5-12-29-19-11-6-16(13-20(19)28-3)14-21-22(27)25(23(30)31-21)18-9-7-17(8-10-18)24-15(2)26/h6-11,13-14H,4-5,12H2,1-3H3,(H,24,26)/b21-14-. The summed E-state index contributed by atoms with van der Waals surface area (Å²) in [4.78, 5) is 26.2. The molecular weight excluding hydrogens is 432 g/mol. The Kier molecular flexibility index (Phi) is 7.70. The van der Waals surface area contributed by atoms with Crippen molar-refractivity contribution < 1.29 is 19.1 Å². The third kappa shape index (κ3) is 5.65. The second-order valence-corrected chi connectivity index (χ2v) is 8.53. The summed E-state index contributed by atoms with van der Waals surface area (Å²) in [5.74, 6) is 0.955. The highest BCUT2D eigenvalue weighted by Crippen LogP contribution is 2.37. The first-order valence-electron chi connectivity index (χ1n) is 9.89. The van der Waals surface area contributed by atoms with Gasteiger partial charge in [0.05, 0.1) is 24.3 Å². The number of carbonyl (C=O) groups excluding carboxylic acids is 2. The number of anilines is 2. The molecule has 8 heteroatoms. The molecule has 0 aliphatic carbocycles. The van der Waals surface area contributed by atoms with Crippen LogP contribution in [-0.2, 0) is 9.59 Å². The van der Waals surface area contributed by atoms with Gasteiger partial charge in [0.25, 0.3) is 5.91 Å². The third-order valence-corrected chi connectivity index (χ3v) is 5.78. The van der Waals surface area contributed by atoms with Crippen molar-refractivity contribution in [3.63, 3.8) is 0 Å². The summed E-state index contributed by atoms with van der Waals surface area (Å²) in [5, 5.41) is 2.70. The molecule has 1 aliphatic heterocycles. The minimum Gasteiger partial charge on any atom is -0.493 e. The summed E-state index contributed by atoms with van der Waals surface area (Å²) >= 11 is 6.69. The Hall–Kier alpha value is -2.84. The quantitative estimate of drug-likeness (QED) is 0.333. The van der Waals surface area contributed by atoms with Gasteiger partial charge in [0.1, 0.15) is 0 Å². The molecule has 0 saturated carbocycles. The molecule has 1 heterocycles. The Bertz CT molecular complexity index is 1020. The van der Waals surface area contributed by atoms with Gasteiger partial charge in [-0.3, -0.25) is 14.5 Å². The number of thiocarbonyl (C=S) groups is 1. The zero-order valence-corrected chi connectivity index (χ0v) is 19.3. The van der Waals surface area contributed by atoms with Gasteiger partial charge in [-0.05, 0) is 54.5 Å². The summed E-state index contributed by atoms with van der Waals surface area (Å²) in [6.45, 7) is 4.18. The fraction of sp³-hybridized carbons (Fsp3) is 0.261. The Labute approximate surface area is 191 Å². The fourth-order valence-corrected chi connectivity index (χ4v) is 4.26. The van der Waals surface area contributed by atoms with Gasteiger partial charge in [-0.25, -0.2) is 0 Å². The Balaban J connectivity index is 1.79. The van der Waals surface area contributed by atoms with Crippen molar-refractivity contribution in [1.82, 2.24) is 0 Å². The highest BCUT2D eigenvalue weighted by atomic mass is 32.2. The number of benzene rings is 2. The first kappa shape index (κ1) is 22.8. The number of hydrogen-bond donors (Lipinski definition) is 1. The van der Waals surface area contributed by atoms with Crippen molar-refractivity contribution in [2.75, 3.05) is 23.9 Å². The largest absolute Gasteiger partial charge is 0.493 e.